The lowest BCUT2D eigenvalue weighted by Crippen LogP contribution is -2.45. The zero-order valence-corrected chi connectivity index (χ0v) is 14.4. The zero-order valence-electron chi connectivity index (χ0n) is 14.4. The highest BCUT2D eigenvalue weighted by Gasteiger charge is 2.39. The van der Waals surface area contributed by atoms with Gasteiger partial charge in [0.15, 0.2) is 0 Å². The summed E-state index contributed by atoms with van der Waals surface area (Å²) in [6.07, 6.45) is 0.141. The molecular formula is C18H23N3O5. The Kier molecular flexibility index (Phi) is 7.02. The van der Waals surface area contributed by atoms with Crippen LogP contribution in [0.15, 0.2) is 43.0 Å². The first kappa shape index (κ1) is 19.3. The van der Waals surface area contributed by atoms with Crippen LogP contribution in [0.5, 0.6) is 0 Å². The van der Waals surface area contributed by atoms with Crippen molar-refractivity contribution >= 4 is 18.1 Å². The molecule has 0 radical (unpaired) electrons. The predicted molar refractivity (Wildman–Crippen MR) is 94.5 cm³/mol. The van der Waals surface area contributed by atoms with Crippen molar-refractivity contribution < 1.29 is 24.2 Å². The molecule has 2 rings (SSSR count). The van der Waals surface area contributed by atoms with E-state index in [4.69, 9.17) is 4.74 Å². The van der Waals surface area contributed by atoms with Crippen LogP contribution in [0.4, 0.5) is 9.59 Å². The van der Waals surface area contributed by atoms with Gasteiger partial charge in [-0.25, -0.2) is 9.59 Å². The number of hydrogen-bond acceptors (Lipinski definition) is 4. The number of ether oxygens (including phenoxy) is 1. The van der Waals surface area contributed by atoms with Crippen LogP contribution in [0.2, 0.25) is 0 Å². The molecule has 1 aliphatic rings. The maximum atomic E-state index is 12.1. The number of carboxylic acid groups (broad SMARTS) is 1. The van der Waals surface area contributed by atoms with Gasteiger partial charge in [0.05, 0.1) is 0 Å². The van der Waals surface area contributed by atoms with E-state index < -0.39 is 18.2 Å². The largest absolute Gasteiger partial charge is 0.465 e. The van der Waals surface area contributed by atoms with Crippen LogP contribution < -0.4 is 10.6 Å². The molecule has 1 heterocycles. The Bertz CT molecular complexity index is 649. The Morgan fingerprint density at radius 2 is 2.00 bits per heavy atom. The maximum absolute atomic E-state index is 12.1. The predicted octanol–water partition coefficient (Wildman–Crippen LogP) is 1.58. The van der Waals surface area contributed by atoms with Gasteiger partial charge in [0.25, 0.3) is 0 Å². The molecule has 2 atom stereocenters. The third-order valence-corrected chi connectivity index (χ3v) is 4.10. The van der Waals surface area contributed by atoms with E-state index in [2.05, 4.69) is 17.2 Å². The summed E-state index contributed by atoms with van der Waals surface area (Å²) < 4.78 is 5.12. The molecule has 140 valence electrons. The smallest absolute Gasteiger partial charge is 0.407 e. The molecule has 1 aliphatic heterocycles. The number of benzene rings is 1. The lowest BCUT2D eigenvalue weighted by atomic mass is 10.1. The van der Waals surface area contributed by atoms with Crippen molar-refractivity contribution in [1.82, 2.24) is 15.5 Å². The highest BCUT2D eigenvalue weighted by molar-refractivity contribution is 5.86. The van der Waals surface area contributed by atoms with Gasteiger partial charge in [-0.05, 0) is 17.9 Å². The second kappa shape index (κ2) is 9.45. The van der Waals surface area contributed by atoms with Crippen molar-refractivity contribution in [3.8, 4) is 0 Å². The lowest BCUT2D eigenvalue weighted by Gasteiger charge is -2.20. The second-order valence-corrected chi connectivity index (χ2v) is 6.03. The van der Waals surface area contributed by atoms with E-state index in [1.54, 1.807) is 0 Å². The van der Waals surface area contributed by atoms with Crippen LogP contribution in [0, 0.1) is 5.92 Å². The van der Waals surface area contributed by atoms with Crippen molar-refractivity contribution in [2.45, 2.75) is 19.1 Å². The number of carbonyl (C=O) groups excluding carboxylic acids is 2. The van der Waals surface area contributed by atoms with E-state index in [0.717, 1.165) is 10.5 Å². The maximum Gasteiger partial charge on any atom is 0.407 e. The molecule has 2 unspecified atom stereocenters. The first-order chi connectivity index (χ1) is 12.5. The molecule has 0 saturated carbocycles. The summed E-state index contributed by atoms with van der Waals surface area (Å²) in [5.74, 6) is -0.517. The summed E-state index contributed by atoms with van der Waals surface area (Å²) in [4.78, 5) is 36.3. The van der Waals surface area contributed by atoms with Gasteiger partial charge >= 0.3 is 12.2 Å². The molecule has 1 aromatic rings. The minimum absolute atomic E-state index is 0.158. The van der Waals surface area contributed by atoms with Crippen LogP contribution in [-0.2, 0) is 16.1 Å². The molecule has 0 spiro atoms. The van der Waals surface area contributed by atoms with Crippen molar-refractivity contribution in [1.29, 1.82) is 0 Å². The average molecular weight is 361 g/mol. The van der Waals surface area contributed by atoms with Gasteiger partial charge in [-0.15, -0.1) is 6.58 Å². The fourth-order valence-corrected chi connectivity index (χ4v) is 2.82. The summed E-state index contributed by atoms with van der Waals surface area (Å²) in [7, 11) is 0. The molecule has 8 heteroatoms. The van der Waals surface area contributed by atoms with Crippen LogP contribution in [0.1, 0.15) is 12.0 Å². The Balaban J connectivity index is 1.80. The molecule has 3 N–H and O–H groups in total. The number of hydrogen-bond donors (Lipinski definition) is 3. The first-order valence-electron chi connectivity index (χ1n) is 8.34. The minimum Gasteiger partial charge on any atom is -0.465 e. The number of rotatable bonds is 7. The number of likely N-dealkylation sites (tertiary alicyclic amines) is 1. The van der Waals surface area contributed by atoms with Gasteiger partial charge in [-0.1, -0.05) is 36.4 Å². The fraction of sp³-hybridized carbons (Fsp3) is 0.389. The monoisotopic (exact) mass is 361 g/mol. The van der Waals surface area contributed by atoms with E-state index >= 15 is 0 Å². The van der Waals surface area contributed by atoms with E-state index in [1.165, 1.54) is 6.08 Å². The summed E-state index contributed by atoms with van der Waals surface area (Å²) in [6, 6.07) is 8.52. The Morgan fingerprint density at radius 3 is 2.65 bits per heavy atom. The SMILES string of the molecule is C=CCNC(=O)C1CC(CNC(=O)OCc2ccccc2)CN1C(=O)O. The molecule has 1 fully saturated rings. The van der Waals surface area contributed by atoms with Crippen molar-refractivity contribution in [2.75, 3.05) is 19.6 Å². The first-order valence-corrected chi connectivity index (χ1v) is 8.34. The number of nitrogens with one attached hydrogen (secondary N) is 2. The lowest BCUT2D eigenvalue weighted by molar-refractivity contribution is -0.124. The normalized spacial score (nSPS) is 18.8. The fourth-order valence-electron chi connectivity index (χ4n) is 2.82. The van der Waals surface area contributed by atoms with Crippen LogP contribution in [-0.4, -0.2) is 53.8 Å². The van der Waals surface area contributed by atoms with Crippen molar-refractivity contribution in [3.63, 3.8) is 0 Å². The number of amides is 3. The molecule has 26 heavy (non-hydrogen) atoms. The second-order valence-electron chi connectivity index (χ2n) is 6.03. The average Bonchev–Trinajstić information content (AvgIpc) is 3.08. The van der Waals surface area contributed by atoms with Gasteiger partial charge in [0, 0.05) is 19.6 Å². The van der Waals surface area contributed by atoms with Crippen LogP contribution in [0.25, 0.3) is 0 Å². The quantitative estimate of drug-likeness (QED) is 0.639. The number of carbonyl (C=O) groups is 3. The molecule has 1 aromatic carbocycles. The molecule has 8 nitrogen and oxygen atoms in total. The Hall–Kier alpha value is -3.03. The summed E-state index contributed by atoms with van der Waals surface area (Å²) in [5, 5.41) is 14.5. The third kappa shape index (κ3) is 5.51. The van der Waals surface area contributed by atoms with Crippen LogP contribution >= 0.6 is 0 Å². The van der Waals surface area contributed by atoms with Gasteiger partial charge in [-0.2, -0.15) is 0 Å². The van der Waals surface area contributed by atoms with Gasteiger partial charge in [0.2, 0.25) is 5.91 Å². The van der Waals surface area contributed by atoms with Gasteiger partial charge < -0.3 is 20.5 Å². The van der Waals surface area contributed by atoms with E-state index in [-0.39, 0.29) is 38.1 Å². The number of nitrogens with zero attached hydrogens (tertiary/aromatic N) is 1. The summed E-state index contributed by atoms with van der Waals surface area (Å²) in [6.45, 7) is 4.36. The Labute approximate surface area is 151 Å². The molecule has 0 aliphatic carbocycles. The Morgan fingerprint density at radius 1 is 1.27 bits per heavy atom. The standard InChI is InChI=1S/C18H23N3O5/c1-2-8-19-16(22)15-9-14(11-21(15)18(24)25)10-20-17(23)26-12-13-6-4-3-5-7-13/h2-7,14-15H,1,8-12H2,(H,19,22)(H,20,23)(H,24,25). The van der Waals surface area contributed by atoms with E-state index in [0.29, 0.717) is 6.42 Å². The van der Waals surface area contributed by atoms with Gasteiger partial charge in [-0.3, -0.25) is 9.69 Å². The summed E-state index contributed by atoms with van der Waals surface area (Å²) in [5.41, 5.74) is 0.875. The van der Waals surface area contributed by atoms with Crippen molar-refractivity contribution in [3.05, 3.63) is 48.6 Å². The topological polar surface area (TPSA) is 108 Å². The molecular weight excluding hydrogens is 338 g/mol. The summed E-state index contributed by atoms with van der Waals surface area (Å²) >= 11 is 0. The molecule has 0 aromatic heterocycles. The van der Waals surface area contributed by atoms with Crippen LogP contribution in [0.3, 0.4) is 0 Å². The zero-order chi connectivity index (χ0) is 18.9. The highest BCUT2D eigenvalue weighted by Crippen LogP contribution is 2.23. The highest BCUT2D eigenvalue weighted by atomic mass is 16.5. The van der Waals surface area contributed by atoms with Crippen molar-refractivity contribution in [2.24, 2.45) is 5.92 Å². The molecule has 1 saturated heterocycles. The third-order valence-electron chi connectivity index (χ3n) is 4.10. The molecule has 3 amide bonds. The number of alkyl carbamates (subject to hydrolysis) is 1. The molecule has 0 bridgehead atoms. The van der Waals surface area contributed by atoms with Gasteiger partial charge in [0.1, 0.15) is 12.6 Å². The minimum atomic E-state index is -1.15. The van der Waals surface area contributed by atoms with E-state index in [9.17, 15) is 19.5 Å². The van der Waals surface area contributed by atoms with E-state index in [1.807, 2.05) is 30.3 Å².